The number of para-hydroxylation sites is 1. The zero-order valence-corrected chi connectivity index (χ0v) is 14.7. The van der Waals surface area contributed by atoms with Crippen molar-refractivity contribution in [1.82, 2.24) is 10.6 Å². The molecule has 7 heteroatoms. The SMILES string of the molecule is C[C@H](CNc1ccccc1)NC(=O)Nc1cccc(N2CCNC2=O)c1. The van der Waals surface area contributed by atoms with Crippen molar-refractivity contribution in [2.45, 2.75) is 13.0 Å². The highest BCUT2D eigenvalue weighted by Gasteiger charge is 2.21. The minimum Gasteiger partial charge on any atom is -0.383 e. The van der Waals surface area contributed by atoms with Crippen molar-refractivity contribution in [3.8, 4) is 0 Å². The van der Waals surface area contributed by atoms with Crippen LogP contribution in [0.3, 0.4) is 0 Å². The third-order valence-electron chi connectivity index (χ3n) is 4.04. The van der Waals surface area contributed by atoms with Gasteiger partial charge in [-0.3, -0.25) is 4.90 Å². The summed E-state index contributed by atoms with van der Waals surface area (Å²) in [5.41, 5.74) is 2.41. The molecule has 1 atom stereocenters. The zero-order valence-electron chi connectivity index (χ0n) is 14.7. The van der Waals surface area contributed by atoms with Gasteiger partial charge in [-0.25, -0.2) is 9.59 Å². The van der Waals surface area contributed by atoms with Crippen molar-refractivity contribution in [3.63, 3.8) is 0 Å². The molecule has 0 radical (unpaired) electrons. The molecule has 0 unspecified atom stereocenters. The topological polar surface area (TPSA) is 85.5 Å². The zero-order chi connectivity index (χ0) is 18.4. The minimum absolute atomic E-state index is 0.0530. The van der Waals surface area contributed by atoms with Crippen molar-refractivity contribution in [2.75, 3.05) is 35.2 Å². The molecule has 4 N–H and O–H groups in total. The van der Waals surface area contributed by atoms with E-state index in [1.54, 1.807) is 17.0 Å². The van der Waals surface area contributed by atoms with Gasteiger partial charge in [0.2, 0.25) is 0 Å². The van der Waals surface area contributed by atoms with Crippen LogP contribution in [-0.4, -0.2) is 37.7 Å². The highest BCUT2D eigenvalue weighted by molar-refractivity contribution is 5.95. The number of amides is 4. The maximum atomic E-state index is 12.2. The number of hydrogen-bond acceptors (Lipinski definition) is 3. The van der Waals surface area contributed by atoms with Gasteiger partial charge in [0.05, 0.1) is 0 Å². The summed E-state index contributed by atoms with van der Waals surface area (Å²) >= 11 is 0. The van der Waals surface area contributed by atoms with Gasteiger partial charge in [-0.05, 0) is 37.3 Å². The van der Waals surface area contributed by atoms with Crippen molar-refractivity contribution in [1.29, 1.82) is 0 Å². The molecule has 1 aliphatic heterocycles. The average molecular weight is 353 g/mol. The summed E-state index contributed by atoms with van der Waals surface area (Å²) in [5, 5.41) is 11.7. The van der Waals surface area contributed by atoms with Crippen molar-refractivity contribution in [2.24, 2.45) is 0 Å². The highest BCUT2D eigenvalue weighted by Crippen LogP contribution is 2.20. The number of benzene rings is 2. The average Bonchev–Trinajstić information content (AvgIpc) is 3.07. The fourth-order valence-corrected chi connectivity index (χ4v) is 2.74. The largest absolute Gasteiger partial charge is 0.383 e. The Hall–Kier alpha value is -3.22. The van der Waals surface area contributed by atoms with Crippen molar-refractivity contribution >= 4 is 29.1 Å². The normalized spacial score (nSPS) is 14.5. The fraction of sp³-hybridized carbons (Fsp3) is 0.263. The predicted octanol–water partition coefficient (Wildman–Crippen LogP) is 2.84. The maximum Gasteiger partial charge on any atom is 0.321 e. The molecule has 1 saturated heterocycles. The number of rotatable bonds is 6. The number of anilines is 3. The molecular weight excluding hydrogens is 330 g/mol. The van der Waals surface area contributed by atoms with Crippen LogP contribution in [0, 0.1) is 0 Å². The molecule has 0 aromatic heterocycles. The molecule has 3 rings (SSSR count). The quantitative estimate of drug-likeness (QED) is 0.644. The Morgan fingerprint density at radius 1 is 1.15 bits per heavy atom. The third kappa shape index (κ3) is 4.66. The number of nitrogens with one attached hydrogen (secondary N) is 4. The first-order chi connectivity index (χ1) is 12.6. The van der Waals surface area contributed by atoms with Gasteiger partial charge in [0.25, 0.3) is 0 Å². The predicted molar refractivity (Wildman–Crippen MR) is 104 cm³/mol. The summed E-state index contributed by atoms with van der Waals surface area (Å²) in [6.45, 7) is 3.80. The van der Waals surface area contributed by atoms with Gasteiger partial charge in [0.1, 0.15) is 0 Å². The number of hydrogen-bond donors (Lipinski definition) is 4. The van der Waals surface area contributed by atoms with Gasteiger partial charge in [0.15, 0.2) is 0 Å². The molecule has 7 nitrogen and oxygen atoms in total. The Balaban J connectivity index is 1.50. The van der Waals surface area contributed by atoms with E-state index in [4.69, 9.17) is 0 Å². The van der Waals surface area contributed by atoms with Crippen LogP contribution in [-0.2, 0) is 0 Å². The smallest absolute Gasteiger partial charge is 0.321 e. The van der Waals surface area contributed by atoms with Crippen LogP contribution in [0.2, 0.25) is 0 Å². The Bertz CT molecular complexity index is 766. The minimum atomic E-state index is -0.282. The van der Waals surface area contributed by atoms with Gasteiger partial charge in [0, 0.05) is 42.7 Å². The Kier molecular flexibility index (Phi) is 5.58. The fourth-order valence-electron chi connectivity index (χ4n) is 2.74. The molecule has 26 heavy (non-hydrogen) atoms. The van der Waals surface area contributed by atoms with E-state index < -0.39 is 0 Å². The first-order valence-corrected chi connectivity index (χ1v) is 8.64. The molecule has 4 amide bonds. The number of urea groups is 2. The van der Waals surface area contributed by atoms with E-state index >= 15 is 0 Å². The molecule has 0 saturated carbocycles. The number of carbonyl (C=O) groups excluding carboxylic acids is 2. The Labute approximate surface area is 152 Å². The van der Waals surface area contributed by atoms with Crippen molar-refractivity contribution < 1.29 is 9.59 Å². The first kappa shape index (κ1) is 17.6. The van der Waals surface area contributed by atoms with Gasteiger partial charge in [-0.1, -0.05) is 24.3 Å². The van der Waals surface area contributed by atoms with Gasteiger partial charge in [-0.15, -0.1) is 0 Å². The molecule has 1 aliphatic rings. The lowest BCUT2D eigenvalue weighted by Crippen LogP contribution is -2.40. The first-order valence-electron chi connectivity index (χ1n) is 8.64. The van der Waals surface area contributed by atoms with E-state index in [0.717, 1.165) is 11.4 Å². The van der Waals surface area contributed by atoms with E-state index in [-0.39, 0.29) is 18.1 Å². The van der Waals surface area contributed by atoms with Crippen LogP contribution >= 0.6 is 0 Å². The van der Waals surface area contributed by atoms with E-state index in [9.17, 15) is 9.59 Å². The standard InChI is InChI=1S/C19H23N5O2/c1-14(13-21-15-6-3-2-4-7-15)22-18(25)23-16-8-5-9-17(12-16)24-11-10-20-19(24)26/h2-9,12,14,21H,10-11,13H2,1H3,(H,20,26)(H2,22,23,25)/t14-/m1/s1. The summed E-state index contributed by atoms with van der Waals surface area (Å²) < 4.78 is 0. The molecular formula is C19H23N5O2. The van der Waals surface area contributed by atoms with Crippen LogP contribution in [0.4, 0.5) is 26.7 Å². The lowest BCUT2D eigenvalue weighted by Gasteiger charge is -2.18. The van der Waals surface area contributed by atoms with Crippen LogP contribution in [0.5, 0.6) is 0 Å². The molecule has 136 valence electrons. The van der Waals surface area contributed by atoms with E-state index in [1.165, 1.54) is 0 Å². The van der Waals surface area contributed by atoms with Gasteiger partial charge >= 0.3 is 12.1 Å². The van der Waals surface area contributed by atoms with E-state index in [2.05, 4.69) is 21.3 Å². The van der Waals surface area contributed by atoms with E-state index in [1.807, 2.05) is 49.4 Å². The Morgan fingerprint density at radius 3 is 2.65 bits per heavy atom. The molecule has 0 aliphatic carbocycles. The second-order valence-electron chi connectivity index (χ2n) is 6.18. The second-order valence-corrected chi connectivity index (χ2v) is 6.18. The lowest BCUT2D eigenvalue weighted by atomic mass is 10.2. The second kappa shape index (κ2) is 8.24. The van der Waals surface area contributed by atoms with E-state index in [0.29, 0.717) is 25.3 Å². The van der Waals surface area contributed by atoms with Gasteiger partial charge in [-0.2, -0.15) is 0 Å². The van der Waals surface area contributed by atoms with Crippen LogP contribution < -0.4 is 26.2 Å². The summed E-state index contributed by atoms with van der Waals surface area (Å²) in [6.07, 6.45) is 0. The number of carbonyl (C=O) groups is 2. The number of nitrogens with zero attached hydrogens (tertiary/aromatic N) is 1. The maximum absolute atomic E-state index is 12.2. The lowest BCUT2D eigenvalue weighted by molar-refractivity contribution is 0.249. The molecule has 0 spiro atoms. The summed E-state index contributed by atoms with van der Waals surface area (Å²) in [7, 11) is 0. The van der Waals surface area contributed by atoms with Crippen LogP contribution in [0.15, 0.2) is 54.6 Å². The summed E-state index contributed by atoms with van der Waals surface area (Å²) in [4.78, 5) is 25.6. The third-order valence-corrected chi connectivity index (χ3v) is 4.04. The molecule has 0 bridgehead atoms. The van der Waals surface area contributed by atoms with Crippen molar-refractivity contribution in [3.05, 3.63) is 54.6 Å². The monoisotopic (exact) mass is 353 g/mol. The molecule has 1 heterocycles. The molecule has 2 aromatic rings. The van der Waals surface area contributed by atoms with Crippen LogP contribution in [0.25, 0.3) is 0 Å². The summed E-state index contributed by atoms with van der Waals surface area (Å²) in [5.74, 6) is 0. The Morgan fingerprint density at radius 2 is 1.92 bits per heavy atom. The van der Waals surface area contributed by atoms with Crippen LogP contribution in [0.1, 0.15) is 6.92 Å². The summed E-state index contributed by atoms with van der Waals surface area (Å²) in [6, 6.07) is 16.6. The molecule has 2 aromatic carbocycles. The highest BCUT2D eigenvalue weighted by atomic mass is 16.2. The molecule has 1 fully saturated rings. The van der Waals surface area contributed by atoms with Gasteiger partial charge < -0.3 is 21.3 Å².